The normalized spacial score (nSPS) is 19.4. The van der Waals surface area contributed by atoms with Gasteiger partial charge in [0.05, 0.1) is 0 Å². The van der Waals surface area contributed by atoms with Gasteiger partial charge in [0.2, 0.25) is 0 Å². The minimum Gasteiger partial charge on any atom is -0.300 e. The van der Waals surface area contributed by atoms with Gasteiger partial charge < -0.3 is 0 Å². The third-order valence-corrected chi connectivity index (χ3v) is 8.92. The number of carbonyl (C=O) groups is 1. The zero-order valence-corrected chi connectivity index (χ0v) is 20.8. The van der Waals surface area contributed by atoms with E-state index in [9.17, 15) is 4.79 Å². The van der Waals surface area contributed by atoms with Crippen molar-refractivity contribution in [3.05, 3.63) is 69.8 Å². The quantitative estimate of drug-likeness (QED) is 0.410. The maximum Gasteiger partial charge on any atom is 0.134 e. The Morgan fingerprint density at radius 3 is 1.44 bits per heavy atom. The molecule has 0 heterocycles. The van der Waals surface area contributed by atoms with E-state index in [1.807, 2.05) is 0 Å². The fourth-order valence-corrected chi connectivity index (χ4v) is 6.71. The van der Waals surface area contributed by atoms with Crippen LogP contribution in [0.15, 0.2) is 36.4 Å². The van der Waals surface area contributed by atoms with E-state index in [4.69, 9.17) is 0 Å². The van der Waals surface area contributed by atoms with Crippen LogP contribution in [0.5, 0.6) is 0 Å². The van der Waals surface area contributed by atoms with E-state index in [2.05, 4.69) is 64.1 Å². The molecule has 0 spiro atoms. The lowest BCUT2D eigenvalue weighted by Crippen LogP contribution is -2.20. The van der Waals surface area contributed by atoms with Crippen molar-refractivity contribution in [2.24, 2.45) is 11.8 Å². The Morgan fingerprint density at radius 2 is 1.06 bits per heavy atom. The first-order chi connectivity index (χ1) is 15.5. The second-order valence-corrected chi connectivity index (χ2v) is 10.8. The number of benzene rings is 2. The second-order valence-electron chi connectivity index (χ2n) is 10.8. The Bertz CT molecular complexity index is 852. The van der Waals surface area contributed by atoms with Crippen LogP contribution in [-0.2, 0) is 4.79 Å². The van der Waals surface area contributed by atoms with E-state index in [1.165, 1.54) is 84.7 Å². The molecule has 2 aromatic carbocycles. The molecule has 0 bridgehead atoms. The summed E-state index contributed by atoms with van der Waals surface area (Å²) in [6.07, 6.45) is 11.9. The average Bonchev–Trinajstić information content (AvgIpc) is 3.49. The Kier molecular flexibility index (Phi) is 7.54. The number of carbonyl (C=O) groups excluding carboxylic acids is 1. The summed E-state index contributed by atoms with van der Waals surface area (Å²) in [4.78, 5) is 13.7. The largest absolute Gasteiger partial charge is 0.300 e. The van der Waals surface area contributed by atoms with E-state index in [-0.39, 0.29) is 0 Å². The minimum absolute atomic E-state index is 0.396. The lowest BCUT2D eigenvalue weighted by atomic mass is 9.75. The molecule has 2 fully saturated rings. The molecule has 2 aromatic rings. The summed E-state index contributed by atoms with van der Waals surface area (Å²) in [6.45, 7) is 8.94. The topological polar surface area (TPSA) is 17.1 Å². The first-order valence-corrected chi connectivity index (χ1v) is 13.1. The van der Waals surface area contributed by atoms with Gasteiger partial charge in [-0.1, -0.05) is 62.1 Å². The number of hydrogen-bond donors (Lipinski definition) is 0. The lowest BCUT2D eigenvalue weighted by molar-refractivity contribution is -0.120. The van der Waals surface area contributed by atoms with Crippen molar-refractivity contribution in [1.29, 1.82) is 0 Å². The van der Waals surface area contributed by atoms with E-state index < -0.39 is 0 Å². The van der Waals surface area contributed by atoms with Crippen molar-refractivity contribution in [3.8, 4) is 0 Å². The first-order valence-electron chi connectivity index (χ1n) is 13.1. The van der Waals surface area contributed by atoms with Gasteiger partial charge in [-0.15, -0.1) is 0 Å². The molecule has 0 radical (unpaired) electrons. The molecule has 2 unspecified atom stereocenters. The number of aryl methyl sites for hydroxylation is 2. The van der Waals surface area contributed by atoms with Crippen LogP contribution in [0.4, 0.5) is 0 Å². The highest BCUT2D eigenvalue weighted by molar-refractivity contribution is 5.80. The van der Waals surface area contributed by atoms with Gasteiger partial charge in [0.1, 0.15) is 5.78 Å². The molecule has 2 atom stereocenters. The van der Waals surface area contributed by atoms with Gasteiger partial charge in [-0.25, -0.2) is 0 Å². The van der Waals surface area contributed by atoms with Crippen molar-refractivity contribution in [2.75, 3.05) is 0 Å². The summed E-state index contributed by atoms with van der Waals surface area (Å²) in [6, 6.07) is 13.4. The summed E-state index contributed by atoms with van der Waals surface area (Å²) in [5.41, 5.74) is 8.40. The van der Waals surface area contributed by atoms with Crippen LogP contribution in [0.1, 0.15) is 109 Å². The molecule has 2 aliphatic rings. The van der Waals surface area contributed by atoms with Gasteiger partial charge in [-0.05, 0) is 110 Å². The molecule has 2 saturated carbocycles. The molecule has 4 rings (SSSR count). The Balaban J connectivity index is 1.59. The molecular weight excluding hydrogens is 388 g/mol. The maximum atomic E-state index is 13.7. The van der Waals surface area contributed by atoms with E-state index >= 15 is 0 Å². The van der Waals surface area contributed by atoms with Crippen molar-refractivity contribution in [3.63, 3.8) is 0 Å². The van der Waals surface area contributed by atoms with Crippen LogP contribution in [0, 0.1) is 39.5 Å². The monoisotopic (exact) mass is 430 g/mol. The molecule has 172 valence electrons. The van der Waals surface area contributed by atoms with Gasteiger partial charge in [0.25, 0.3) is 0 Å². The molecule has 0 aromatic heterocycles. The zero-order chi connectivity index (χ0) is 22.7. The zero-order valence-electron chi connectivity index (χ0n) is 20.8. The molecular formula is C31H42O. The molecule has 0 saturated heterocycles. The van der Waals surface area contributed by atoms with Crippen molar-refractivity contribution in [2.45, 2.75) is 104 Å². The maximum absolute atomic E-state index is 13.7. The van der Waals surface area contributed by atoms with Crippen LogP contribution < -0.4 is 0 Å². The van der Waals surface area contributed by atoms with Crippen molar-refractivity contribution in [1.82, 2.24) is 0 Å². The first kappa shape index (κ1) is 23.3. The Labute approximate surface area is 196 Å². The third-order valence-electron chi connectivity index (χ3n) is 8.92. The van der Waals surface area contributed by atoms with Gasteiger partial charge in [0.15, 0.2) is 0 Å². The molecule has 0 aliphatic heterocycles. The van der Waals surface area contributed by atoms with Crippen LogP contribution in [0.3, 0.4) is 0 Å². The fourth-order valence-electron chi connectivity index (χ4n) is 6.71. The Morgan fingerprint density at radius 1 is 0.688 bits per heavy atom. The molecule has 1 nitrogen and oxygen atoms in total. The second kappa shape index (κ2) is 10.4. The fraction of sp³-hybridized carbons (Fsp3) is 0.581. The van der Waals surface area contributed by atoms with E-state index in [0.29, 0.717) is 29.5 Å². The van der Waals surface area contributed by atoms with Gasteiger partial charge >= 0.3 is 0 Å². The predicted octanol–water partition coefficient (Wildman–Crippen LogP) is 8.52. The van der Waals surface area contributed by atoms with E-state index in [0.717, 1.165) is 12.8 Å². The molecule has 0 amide bonds. The van der Waals surface area contributed by atoms with Gasteiger partial charge in [-0.3, -0.25) is 4.79 Å². The summed E-state index contributed by atoms with van der Waals surface area (Å²) in [7, 11) is 0. The number of rotatable bonds is 8. The highest BCUT2D eigenvalue weighted by atomic mass is 16.1. The van der Waals surface area contributed by atoms with Crippen molar-refractivity contribution < 1.29 is 4.79 Å². The minimum atomic E-state index is 0.396. The standard InChI is InChI=1S/C31H42O/c1-21-11-9-17-28(23(21)3)30(25-13-5-6-14-25)19-27(32)20-31(26-15-7-8-16-26)29-18-10-12-22(2)24(29)4/h9-12,17-18,25-26,30-31H,5-8,13-16,19-20H2,1-4H3. The average molecular weight is 431 g/mol. The Hall–Kier alpha value is -1.89. The molecule has 2 aliphatic carbocycles. The van der Waals surface area contributed by atoms with Gasteiger partial charge in [0, 0.05) is 12.8 Å². The summed E-state index contributed by atoms with van der Waals surface area (Å²) in [5, 5.41) is 0. The number of hydrogen-bond acceptors (Lipinski definition) is 1. The summed E-state index contributed by atoms with van der Waals surface area (Å²) < 4.78 is 0. The van der Waals surface area contributed by atoms with E-state index in [1.54, 1.807) is 0 Å². The summed E-state index contributed by atoms with van der Waals surface area (Å²) >= 11 is 0. The van der Waals surface area contributed by atoms with Gasteiger partial charge in [-0.2, -0.15) is 0 Å². The number of ketones is 1. The molecule has 1 heteroatoms. The highest BCUT2D eigenvalue weighted by Crippen LogP contribution is 2.44. The smallest absolute Gasteiger partial charge is 0.134 e. The molecule has 32 heavy (non-hydrogen) atoms. The SMILES string of the molecule is Cc1cccc(C(CC(=O)CC(c2cccc(C)c2C)C2CCCC2)C2CCCC2)c1C. The lowest BCUT2D eigenvalue weighted by Gasteiger charge is -2.29. The predicted molar refractivity (Wildman–Crippen MR) is 135 cm³/mol. The van der Waals surface area contributed by atoms with Crippen LogP contribution >= 0.6 is 0 Å². The molecule has 0 N–H and O–H groups in total. The number of Topliss-reactive ketones (excluding diaryl/α,β-unsaturated/α-hetero) is 1. The van der Waals surface area contributed by atoms with Crippen LogP contribution in [0.25, 0.3) is 0 Å². The van der Waals surface area contributed by atoms with Crippen LogP contribution in [-0.4, -0.2) is 5.78 Å². The van der Waals surface area contributed by atoms with Crippen molar-refractivity contribution >= 4 is 5.78 Å². The highest BCUT2D eigenvalue weighted by Gasteiger charge is 2.33. The third kappa shape index (κ3) is 5.03. The summed E-state index contributed by atoms with van der Waals surface area (Å²) in [5.74, 6) is 2.62. The van der Waals surface area contributed by atoms with Crippen LogP contribution in [0.2, 0.25) is 0 Å².